The van der Waals surface area contributed by atoms with Crippen molar-refractivity contribution in [2.24, 2.45) is 5.92 Å². The first-order chi connectivity index (χ1) is 8.69. The summed E-state index contributed by atoms with van der Waals surface area (Å²) in [6.07, 6.45) is 5.20. The molecule has 2 heteroatoms. The van der Waals surface area contributed by atoms with Crippen LogP contribution in [0.3, 0.4) is 0 Å². The molecule has 1 aliphatic rings. The Morgan fingerprint density at radius 2 is 1.89 bits per heavy atom. The molecular weight excluding hydrogens is 222 g/mol. The van der Waals surface area contributed by atoms with Crippen molar-refractivity contribution in [1.29, 1.82) is 0 Å². The van der Waals surface area contributed by atoms with Crippen LogP contribution >= 0.6 is 0 Å². The van der Waals surface area contributed by atoms with E-state index >= 15 is 0 Å². The first-order valence-electron chi connectivity index (χ1n) is 7.07. The lowest BCUT2D eigenvalue weighted by atomic mass is 10.0. The van der Waals surface area contributed by atoms with Gasteiger partial charge in [0.15, 0.2) is 0 Å². The maximum absolute atomic E-state index is 5.89. The Morgan fingerprint density at radius 1 is 1.17 bits per heavy atom. The second-order valence-electron chi connectivity index (χ2n) is 5.55. The van der Waals surface area contributed by atoms with Crippen LogP contribution in [0.2, 0.25) is 0 Å². The summed E-state index contributed by atoms with van der Waals surface area (Å²) < 4.78 is 5.89. The van der Waals surface area contributed by atoms with Crippen molar-refractivity contribution >= 4 is 0 Å². The van der Waals surface area contributed by atoms with Gasteiger partial charge in [-0.15, -0.1) is 0 Å². The van der Waals surface area contributed by atoms with E-state index in [0.717, 1.165) is 18.3 Å². The second kappa shape index (κ2) is 6.24. The average molecular weight is 247 g/mol. The number of benzene rings is 1. The topological polar surface area (TPSA) is 21.3 Å². The van der Waals surface area contributed by atoms with Gasteiger partial charge in [0, 0.05) is 6.04 Å². The fourth-order valence-corrected chi connectivity index (χ4v) is 3.11. The molecule has 0 bridgehead atoms. The standard InChI is InChI=1S/C16H25NO/c1-12-9-13(2)11-15(10-12)18-8-7-14-5-4-6-16(14)17-3/h9-11,14,16-17H,4-8H2,1-3H3. The van der Waals surface area contributed by atoms with Gasteiger partial charge < -0.3 is 10.1 Å². The van der Waals surface area contributed by atoms with Crippen molar-refractivity contribution < 1.29 is 4.74 Å². The molecule has 18 heavy (non-hydrogen) atoms. The van der Waals surface area contributed by atoms with E-state index in [9.17, 15) is 0 Å². The molecule has 1 aromatic rings. The highest BCUT2D eigenvalue weighted by molar-refractivity contribution is 5.32. The zero-order chi connectivity index (χ0) is 13.0. The van der Waals surface area contributed by atoms with Crippen LogP contribution in [0.15, 0.2) is 18.2 Å². The summed E-state index contributed by atoms with van der Waals surface area (Å²) in [6.45, 7) is 5.08. The molecule has 1 aliphatic carbocycles. The quantitative estimate of drug-likeness (QED) is 0.860. The van der Waals surface area contributed by atoms with Crippen LogP contribution in [0.25, 0.3) is 0 Å². The van der Waals surface area contributed by atoms with E-state index in [2.05, 4.69) is 44.4 Å². The summed E-state index contributed by atoms with van der Waals surface area (Å²) in [4.78, 5) is 0. The lowest BCUT2D eigenvalue weighted by molar-refractivity contribution is 0.263. The molecule has 2 nitrogen and oxygen atoms in total. The van der Waals surface area contributed by atoms with Gasteiger partial charge in [-0.25, -0.2) is 0 Å². The SMILES string of the molecule is CNC1CCCC1CCOc1cc(C)cc(C)c1. The molecular formula is C16H25NO. The third-order valence-corrected chi connectivity index (χ3v) is 3.98. The lowest BCUT2D eigenvalue weighted by Gasteiger charge is -2.19. The summed E-state index contributed by atoms with van der Waals surface area (Å²) in [7, 11) is 2.08. The Morgan fingerprint density at radius 3 is 2.56 bits per heavy atom. The highest BCUT2D eigenvalue weighted by Crippen LogP contribution is 2.28. The van der Waals surface area contributed by atoms with Gasteiger partial charge >= 0.3 is 0 Å². The average Bonchev–Trinajstić information content (AvgIpc) is 2.75. The van der Waals surface area contributed by atoms with E-state index in [0.29, 0.717) is 6.04 Å². The molecule has 2 rings (SSSR count). The molecule has 0 radical (unpaired) electrons. The summed E-state index contributed by atoms with van der Waals surface area (Å²) >= 11 is 0. The monoisotopic (exact) mass is 247 g/mol. The van der Waals surface area contributed by atoms with Crippen molar-refractivity contribution in [2.45, 2.75) is 45.6 Å². The van der Waals surface area contributed by atoms with Crippen molar-refractivity contribution in [3.05, 3.63) is 29.3 Å². The first kappa shape index (κ1) is 13.4. The lowest BCUT2D eigenvalue weighted by Crippen LogP contribution is -2.29. The van der Waals surface area contributed by atoms with Gasteiger partial charge in [-0.05, 0) is 69.3 Å². The van der Waals surface area contributed by atoms with Crippen LogP contribution in [0.1, 0.15) is 36.8 Å². The van der Waals surface area contributed by atoms with Gasteiger partial charge in [0.1, 0.15) is 5.75 Å². The number of ether oxygens (including phenoxy) is 1. The van der Waals surface area contributed by atoms with E-state index < -0.39 is 0 Å². The van der Waals surface area contributed by atoms with Crippen LogP contribution in [-0.2, 0) is 0 Å². The molecule has 0 aliphatic heterocycles. The van der Waals surface area contributed by atoms with E-state index in [4.69, 9.17) is 4.74 Å². The fraction of sp³-hybridized carbons (Fsp3) is 0.625. The molecule has 100 valence electrons. The Hall–Kier alpha value is -1.02. The minimum absolute atomic E-state index is 0.702. The van der Waals surface area contributed by atoms with Gasteiger partial charge in [-0.2, -0.15) is 0 Å². The van der Waals surface area contributed by atoms with Crippen LogP contribution in [0, 0.1) is 19.8 Å². The zero-order valence-electron chi connectivity index (χ0n) is 11.8. The largest absolute Gasteiger partial charge is 0.494 e. The van der Waals surface area contributed by atoms with Crippen LogP contribution < -0.4 is 10.1 Å². The maximum atomic E-state index is 5.89. The molecule has 1 fully saturated rings. The number of hydrogen-bond donors (Lipinski definition) is 1. The molecule has 0 spiro atoms. The second-order valence-corrected chi connectivity index (χ2v) is 5.55. The smallest absolute Gasteiger partial charge is 0.119 e. The molecule has 1 N–H and O–H groups in total. The van der Waals surface area contributed by atoms with Gasteiger partial charge in [0.2, 0.25) is 0 Å². The van der Waals surface area contributed by atoms with Crippen molar-refractivity contribution in [1.82, 2.24) is 5.32 Å². The Kier molecular flexibility index (Phi) is 4.65. The van der Waals surface area contributed by atoms with Gasteiger partial charge in [-0.3, -0.25) is 0 Å². The molecule has 2 atom stereocenters. The molecule has 0 amide bonds. The molecule has 1 saturated carbocycles. The molecule has 1 aromatic carbocycles. The molecule has 0 saturated heterocycles. The Bertz CT molecular complexity index is 368. The van der Waals surface area contributed by atoms with Crippen molar-refractivity contribution in [3.63, 3.8) is 0 Å². The van der Waals surface area contributed by atoms with Gasteiger partial charge in [0.25, 0.3) is 0 Å². The summed E-state index contributed by atoms with van der Waals surface area (Å²) in [5.74, 6) is 1.81. The fourth-order valence-electron chi connectivity index (χ4n) is 3.11. The number of rotatable bonds is 5. The number of aryl methyl sites for hydroxylation is 2. The first-order valence-corrected chi connectivity index (χ1v) is 7.07. The van der Waals surface area contributed by atoms with Crippen molar-refractivity contribution in [3.8, 4) is 5.75 Å². The zero-order valence-corrected chi connectivity index (χ0v) is 11.8. The minimum atomic E-state index is 0.702. The summed E-state index contributed by atoms with van der Waals surface area (Å²) in [5, 5.41) is 3.43. The Labute approximate surface area is 111 Å². The highest BCUT2D eigenvalue weighted by Gasteiger charge is 2.25. The number of nitrogens with one attached hydrogen (secondary N) is 1. The van der Waals surface area contributed by atoms with Gasteiger partial charge in [0.05, 0.1) is 6.61 Å². The molecule has 2 unspecified atom stereocenters. The normalized spacial score (nSPS) is 23.3. The minimum Gasteiger partial charge on any atom is -0.494 e. The van der Waals surface area contributed by atoms with E-state index in [-0.39, 0.29) is 0 Å². The van der Waals surface area contributed by atoms with Crippen LogP contribution in [-0.4, -0.2) is 19.7 Å². The van der Waals surface area contributed by atoms with E-state index in [1.165, 1.54) is 36.8 Å². The molecule has 0 aromatic heterocycles. The van der Waals surface area contributed by atoms with Crippen LogP contribution in [0.4, 0.5) is 0 Å². The van der Waals surface area contributed by atoms with E-state index in [1.807, 2.05) is 0 Å². The summed E-state index contributed by atoms with van der Waals surface area (Å²) in [6, 6.07) is 7.13. The molecule has 0 heterocycles. The van der Waals surface area contributed by atoms with Crippen LogP contribution in [0.5, 0.6) is 5.75 Å². The summed E-state index contributed by atoms with van der Waals surface area (Å²) in [5.41, 5.74) is 2.55. The predicted molar refractivity (Wildman–Crippen MR) is 76.2 cm³/mol. The van der Waals surface area contributed by atoms with Gasteiger partial charge in [-0.1, -0.05) is 12.5 Å². The predicted octanol–water partition coefficient (Wildman–Crippen LogP) is 3.46. The third kappa shape index (κ3) is 3.49. The van der Waals surface area contributed by atoms with Crippen molar-refractivity contribution in [2.75, 3.05) is 13.7 Å². The highest BCUT2D eigenvalue weighted by atomic mass is 16.5. The Balaban J connectivity index is 1.81. The third-order valence-electron chi connectivity index (χ3n) is 3.98. The number of hydrogen-bond acceptors (Lipinski definition) is 2. The maximum Gasteiger partial charge on any atom is 0.119 e. The van der Waals surface area contributed by atoms with E-state index in [1.54, 1.807) is 0 Å².